The zero-order valence-corrected chi connectivity index (χ0v) is 11.9. The molecule has 0 bridgehead atoms. The highest BCUT2D eigenvalue weighted by molar-refractivity contribution is 5.96. The van der Waals surface area contributed by atoms with Crippen LogP contribution in [0.2, 0.25) is 0 Å². The number of nitrogens with one attached hydrogen (secondary N) is 1. The Kier molecular flexibility index (Phi) is 8.25. The molecule has 1 rings (SSSR count). The second kappa shape index (κ2) is 9.43. The number of carbonyl (C=O) groups is 2. The Morgan fingerprint density at radius 2 is 1.95 bits per heavy atom. The molecular weight excluding hydrogens is 262 g/mol. The summed E-state index contributed by atoms with van der Waals surface area (Å²) in [6.45, 7) is 7.93. The maximum absolute atomic E-state index is 11.3. The first-order valence-electron chi connectivity index (χ1n) is 5.81. The fourth-order valence-corrected chi connectivity index (χ4v) is 1.45. The van der Waals surface area contributed by atoms with Gasteiger partial charge in [-0.1, -0.05) is 0 Å². The number of hydrogen-bond acceptors (Lipinski definition) is 5. The summed E-state index contributed by atoms with van der Waals surface area (Å²) in [4.78, 5) is 22.4. The summed E-state index contributed by atoms with van der Waals surface area (Å²) in [5.74, 6) is 0.677. The minimum absolute atomic E-state index is 0.199. The molecule has 0 aromatic heterocycles. The maximum atomic E-state index is 11.3. The van der Waals surface area contributed by atoms with Crippen LogP contribution < -0.4 is 14.8 Å². The molecule has 1 aromatic carbocycles. The third-order valence-corrected chi connectivity index (χ3v) is 2.21. The van der Waals surface area contributed by atoms with Gasteiger partial charge in [-0.25, -0.2) is 4.79 Å². The van der Waals surface area contributed by atoms with Crippen molar-refractivity contribution in [1.82, 2.24) is 0 Å². The van der Waals surface area contributed by atoms with Gasteiger partial charge in [0.05, 0.1) is 32.1 Å². The van der Waals surface area contributed by atoms with Gasteiger partial charge in [0.2, 0.25) is 0 Å². The van der Waals surface area contributed by atoms with E-state index in [0.717, 1.165) is 0 Å². The van der Waals surface area contributed by atoms with Crippen LogP contribution in [0.15, 0.2) is 25.3 Å². The monoisotopic (exact) mass is 281 g/mol. The highest BCUT2D eigenvalue weighted by Gasteiger charge is 2.16. The molecule has 0 saturated heterocycles. The average molecular weight is 281 g/mol. The summed E-state index contributed by atoms with van der Waals surface area (Å²) in [5, 5.41) is 2.46. The van der Waals surface area contributed by atoms with E-state index in [1.165, 1.54) is 14.2 Å². The SMILES string of the molecule is C=C.CCOC(=O)Nc1ccc(OC)c(OC)c1C=O. The van der Waals surface area contributed by atoms with Crippen LogP contribution in [-0.2, 0) is 4.74 Å². The van der Waals surface area contributed by atoms with E-state index in [-0.39, 0.29) is 17.9 Å². The fraction of sp³-hybridized carbons (Fsp3) is 0.286. The Bertz CT molecular complexity index is 459. The molecule has 0 aliphatic rings. The molecule has 1 aromatic rings. The molecule has 110 valence electrons. The van der Waals surface area contributed by atoms with Crippen molar-refractivity contribution in [1.29, 1.82) is 0 Å². The summed E-state index contributed by atoms with van der Waals surface area (Å²) in [5.41, 5.74) is 0.506. The van der Waals surface area contributed by atoms with Crippen LogP contribution in [0.3, 0.4) is 0 Å². The van der Waals surface area contributed by atoms with Crippen molar-refractivity contribution >= 4 is 18.1 Å². The fourth-order valence-electron chi connectivity index (χ4n) is 1.45. The summed E-state index contributed by atoms with van der Waals surface area (Å²) in [7, 11) is 2.88. The first kappa shape index (κ1) is 17.5. The largest absolute Gasteiger partial charge is 0.493 e. The van der Waals surface area contributed by atoms with Gasteiger partial charge < -0.3 is 14.2 Å². The Labute approximate surface area is 118 Å². The molecule has 0 aliphatic carbocycles. The van der Waals surface area contributed by atoms with E-state index >= 15 is 0 Å². The highest BCUT2D eigenvalue weighted by Crippen LogP contribution is 2.34. The molecule has 1 N–H and O–H groups in total. The van der Waals surface area contributed by atoms with E-state index in [2.05, 4.69) is 18.5 Å². The number of amides is 1. The smallest absolute Gasteiger partial charge is 0.411 e. The normalized spacial score (nSPS) is 8.75. The van der Waals surface area contributed by atoms with Crippen molar-refractivity contribution < 1.29 is 23.8 Å². The van der Waals surface area contributed by atoms with Crippen LogP contribution in [-0.4, -0.2) is 33.2 Å². The molecule has 0 fully saturated rings. The minimum atomic E-state index is -0.632. The molecule has 6 heteroatoms. The molecule has 0 unspecified atom stereocenters. The predicted octanol–water partition coefficient (Wildman–Crippen LogP) is 2.89. The number of hydrogen-bond donors (Lipinski definition) is 1. The van der Waals surface area contributed by atoms with Crippen molar-refractivity contribution in [3.63, 3.8) is 0 Å². The average Bonchev–Trinajstić information content (AvgIpc) is 2.48. The van der Waals surface area contributed by atoms with Gasteiger partial charge in [0, 0.05) is 0 Å². The van der Waals surface area contributed by atoms with Gasteiger partial charge in [-0.05, 0) is 19.1 Å². The molecule has 6 nitrogen and oxygen atoms in total. The highest BCUT2D eigenvalue weighted by atomic mass is 16.5. The van der Waals surface area contributed by atoms with Gasteiger partial charge >= 0.3 is 6.09 Å². The number of anilines is 1. The van der Waals surface area contributed by atoms with Crippen molar-refractivity contribution in [3.8, 4) is 11.5 Å². The number of ether oxygens (including phenoxy) is 3. The number of methoxy groups -OCH3 is 2. The minimum Gasteiger partial charge on any atom is -0.493 e. The van der Waals surface area contributed by atoms with Crippen molar-refractivity contribution in [2.75, 3.05) is 26.1 Å². The quantitative estimate of drug-likeness (QED) is 0.663. The Morgan fingerprint density at radius 1 is 1.30 bits per heavy atom. The van der Waals surface area contributed by atoms with Crippen LogP contribution in [0.5, 0.6) is 11.5 Å². The van der Waals surface area contributed by atoms with Crippen LogP contribution in [0.25, 0.3) is 0 Å². The van der Waals surface area contributed by atoms with E-state index in [1.54, 1.807) is 19.1 Å². The summed E-state index contributed by atoms with van der Waals surface area (Å²) in [6.07, 6.45) is -0.0454. The van der Waals surface area contributed by atoms with Crippen molar-refractivity contribution in [2.24, 2.45) is 0 Å². The number of rotatable bonds is 5. The summed E-state index contributed by atoms with van der Waals surface area (Å²) in [6, 6.07) is 3.13. The molecule has 0 atom stereocenters. The van der Waals surface area contributed by atoms with E-state index in [1.807, 2.05) is 0 Å². The topological polar surface area (TPSA) is 73.9 Å². The molecule has 0 spiro atoms. The molecule has 0 heterocycles. The summed E-state index contributed by atoms with van der Waals surface area (Å²) >= 11 is 0. The van der Waals surface area contributed by atoms with Crippen molar-refractivity contribution in [2.45, 2.75) is 6.92 Å². The van der Waals surface area contributed by atoms with E-state index < -0.39 is 6.09 Å². The first-order valence-corrected chi connectivity index (χ1v) is 5.81. The van der Waals surface area contributed by atoms with Crippen LogP contribution in [0.1, 0.15) is 17.3 Å². The zero-order chi connectivity index (χ0) is 15.5. The third kappa shape index (κ3) is 4.31. The first-order chi connectivity index (χ1) is 9.67. The summed E-state index contributed by atoms with van der Waals surface area (Å²) < 4.78 is 14.9. The van der Waals surface area contributed by atoms with Crippen LogP contribution in [0, 0.1) is 0 Å². The Morgan fingerprint density at radius 3 is 2.40 bits per heavy atom. The maximum Gasteiger partial charge on any atom is 0.411 e. The molecule has 1 amide bonds. The van der Waals surface area contributed by atoms with Crippen LogP contribution >= 0.6 is 0 Å². The lowest BCUT2D eigenvalue weighted by molar-refractivity contribution is 0.112. The van der Waals surface area contributed by atoms with Gasteiger partial charge in [-0.15, -0.1) is 13.2 Å². The van der Waals surface area contributed by atoms with Crippen molar-refractivity contribution in [3.05, 3.63) is 30.9 Å². The third-order valence-electron chi connectivity index (χ3n) is 2.21. The van der Waals surface area contributed by atoms with Gasteiger partial charge in [-0.3, -0.25) is 10.1 Å². The Hall–Kier alpha value is -2.50. The number of aldehydes is 1. The molecular formula is C14H19NO5. The lowest BCUT2D eigenvalue weighted by Crippen LogP contribution is -2.15. The van der Waals surface area contributed by atoms with E-state index in [4.69, 9.17) is 14.2 Å². The number of benzene rings is 1. The van der Waals surface area contributed by atoms with E-state index in [9.17, 15) is 9.59 Å². The second-order valence-electron chi connectivity index (χ2n) is 3.23. The molecule has 0 saturated carbocycles. The van der Waals surface area contributed by atoms with Gasteiger partial charge in [0.1, 0.15) is 0 Å². The Balaban J connectivity index is 0.00000172. The number of carbonyl (C=O) groups excluding carboxylic acids is 2. The van der Waals surface area contributed by atoms with Gasteiger partial charge in [-0.2, -0.15) is 0 Å². The van der Waals surface area contributed by atoms with Crippen LogP contribution in [0.4, 0.5) is 10.5 Å². The molecule has 20 heavy (non-hydrogen) atoms. The van der Waals surface area contributed by atoms with Gasteiger partial charge in [0.15, 0.2) is 17.8 Å². The lowest BCUT2D eigenvalue weighted by Gasteiger charge is -2.13. The molecule has 0 radical (unpaired) electrons. The standard InChI is InChI=1S/C12H15NO5.C2H4/c1-4-18-12(15)13-9-5-6-10(16-2)11(17-3)8(9)7-14;1-2/h5-7H,4H2,1-3H3,(H,13,15);1-2H2. The zero-order valence-electron chi connectivity index (χ0n) is 11.9. The predicted molar refractivity (Wildman–Crippen MR) is 76.8 cm³/mol. The lowest BCUT2D eigenvalue weighted by atomic mass is 10.1. The van der Waals surface area contributed by atoms with E-state index in [0.29, 0.717) is 17.7 Å². The molecule has 0 aliphatic heterocycles. The second-order valence-corrected chi connectivity index (χ2v) is 3.23. The van der Waals surface area contributed by atoms with Gasteiger partial charge in [0.25, 0.3) is 0 Å².